The van der Waals surface area contributed by atoms with E-state index in [0.717, 1.165) is 0 Å². The summed E-state index contributed by atoms with van der Waals surface area (Å²) >= 11 is 0.698. The largest absolute Gasteiger partial charge is 0.576 e. The Bertz CT molecular complexity index is 525. The number of esters is 1. The summed E-state index contributed by atoms with van der Waals surface area (Å²) in [6.07, 6.45) is -6.65. The van der Waals surface area contributed by atoms with Crippen molar-refractivity contribution in [3.8, 4) is 0 Å². The molecule has 1 rings (SSSR count). The predicted molar refractivity (Wildman–Crippen MR) is 61.8 cm³/mol. The van der Waals surface area contributed by atoms with Crippen LogP contribution in [0.1, 0.15) is 27.6 Å². The lowest BCUT2D eigenvalue weighted by atomic mass is 10.2. The number of hydrogen-bond donors (Lipinski definition) is 1. The summed E-state index contributed by atoms with van der Waals surface area (Å²) in [7, 11) is 0. The van der Waals surface area contributed by atoms with E-state index in [1.165, 1.54) is 12.3 Å². The molecule has 0 saturated carbocycles. The number of rotatable bonds is 4. The van der Waals surface area contributed by atoms with Crippen LogP contribution in [0.25, 0.3) is 0 Å². The first-order valence-corrected chi connectivity index (χ1v) is 5.97. The summed E-state index contributed by atoms with van der Waals surface area (Å²) in [4.78, 5) is 33.3. The van der Waals surface area contributed by atoms with Crippen molar-refractivity contribution in [1.82, 2.24) is 0 Å². The average molecular weight is 311 g/mol. The maximum Gasteiger partial charge on any atom is 0.576 e. The molecule has 1 N–H and O–H groups in total. The van der Waals surface area contributed by atoms with Crippen molar-refractivity contribution in [3.05, 3.63) is 16.5 Å². The molecule has 0 spiro atoms. The molecule has 0 aliphatic carbocycles. The first kappa shape index (κ1) is 16.0. The van der Waals surface area contributed by atoms with Crippen LogP contribution in [0.4, 0.5) is 23.0 Å². The molecule has 1 heterocycles. The molecule has 110 valence electrons. The molecule has 0 atom stereocenters. The Morgan fingerprint density at radius 1 is 1.45 bits per heavy atom. The van der Waals surface area contributed by atoms with E-state index in [9.17, 15) is 27.6 Å². The van der Waals surface area contributed by atoms with Crippen LogP contribution < -0.4 is 5.32 Å². The summed E-state index contributed by atoms with van der Waals surface area (Å²) in [6, 6.07) is 0. The van der Waals surface area contributed by atoms with Crippen LogP contribution in [0.3, 0.4) is 0 Å². The van der Waals surface area contributed by atoms with Crippen LogP contribution in [-0.4, -0.2) is 31.3 Å². The minimum absolute atomic E-state index is 0.000581. The number of thiophene rings is 1. The summed E-state index contributed by atoms with van der Waals surface area (Å²) in [5.74, 6) is -0.932. The maximum atomic E-state index is 11.8. The van der Waals surface area contributed by atoms with Crippen LogP contribution in [0.2, 0.25) is 0 Å². The monoisotopic (exact) mass is 311 g/mol. The van der Waals surface area contributed by atoms with Crippen LogP contribution in [0.5, 0.6) is 0 Å². The highest BCUT2D eigenvalue weighted by atomic mass is 32.1. The van der Waals surface area contributed by atoms with E-state index in [1.807, 2.05) is 0 Å². The molecule has 10 heteroatoms. The molecule has 0 bridgehead atoms. The molecule has 0 unspecified atom stereocenters. The molecule has 1 aromatic rings. The van der Waals surface area contributed by atoms with E-state index in [-0.39, 0.29) is 22.7 Å². The third-order valence-corrected chi connectivity index (χ3v) is 2.76. The van der Waals surface area contributed by atoms with Gasteiger partial charge in [0, 0.05) is 10.9 Å². The Kier molecular flexibility index (Phi) is 5.08. The quantitative estimate of drug-likeness (QED) is 0.683. The number of nitrogens with one attached hydrogen (secondary N) is 1. The van der Waals surface area contributed by atoms with Gasteiger partial charge in [-0.15, -0.1) is 24.5 Å². The minimum atomic E-state index is -5.15. The molecule has 1 aromatic heterocycles. The molecular weight excluding hydrogens is 303 g/mol. The maximum absolute atomic E-state index is 11.8. The van der Waals surface area contributed by atoms with E-state index in [2.05, 4.69) is 9.47 Å². The van der Waals surface area contributed by atoms with Crippen molar-refractivity contribution in [1.29, 1.82) is 0 Å². The third kappa shape index (κ3) is 4.23. The zero-order valence-corrected chi connectivity index (χ0v) is 10.8. The van der Waals surface area contributed by atoms with E-state index < -0.39 is 18.4 Å². The SMILES string of the molecule is CCOC(=O)c1c(C=O)csc1NC(=O)OC(F)(F)F. The van der Waals surface area contributed by atoms with Crippen molar-refractivity contribution in [2.24, 2.45) is 0 Å². The number of carbonyl (C=O) groups excluding carboxylic acids is 3. The van der Waals surface area contributed by atoms with Gasteiger partial charge in [-0.1, -0.05) is 0 Å². The first-order chi connectivity index (χ1) is 9.28. The third-order valence-electron chi connectivity index (χ3n) is 1.85. The number of aldehydes is 1. The van der Waals surface area contributed by atoms with Gasteiger partial charge in [-0.25, -0.2) is 9.59 Å². The second-order valence-corrected chi connectivity index (χ2v) is 4.07. The number of hydrogen-bond acceptors (Lipinski definition) is 6. The second kappa shape index (κ2) is 6.37. The van der Waals surface area contributed by atoms with E-state index >= 15 is 0 Å². The van der Waals surface area contributed by atoms with Gasteiger partial charge in [0.05, 0.1) is 6.61 Å². The lowest BCUT2D eigenvalue weighted by Gasteiger charge is -2.09. The highest BCUT2D eigenvalue weighted by molar-refractivity contribution is 7.15. The van der Waals surface area contributed by atoms with Crippen molar-refractivity contribution in [3.63, 3.8) is 0 Å². The Morgan fingerprint density at radius 3 is 2.60 bits per heavy atom. The number of carbonyl (C=O) groups is 3. The van der Waals surface area contributed by atoms with E-state index in [4.69, 9.17) is 0 Å². The van der Waals surface area contributed by atoms with Gasteiger partial charge < -0.3 is 9.47 Å². The van der Waals surface area contributed by atoms with Crippen LogP contribution in [0, 0.1) is 0 Å². The number of ether oxygens (including phenoxy) is 2. The summed E-state index contributed by atoms with van der Waals surface area (Å²) in [5.41, 5.74) is -0.415. The molecule has 20 heavy (non-hydrogen) atoms. The Morgan fingerprint density at radius 2 is 2.10 bits per heavy atom. The van der Waals surface area contributed by atoms with Crippen molar-refractivity contribution >= 4 is 34.7 Å². The summed E-state index contributed by atoms with van der Waals surface area (Å²) in [6.45, 7) is 1.51. The summed E-state index contributed by atoms with van der Waals surface area (Å²) in [5, 5.41) is 2.67. The lowest BCUT2D eigenvalue weighted by Crippen LogP contribution is -2.24. The fourth-order valence-corrected chi connectivity index (χ4v) is 2.07. The minimum Gasteiger partial charge on any atom is -0.462 e. The van der Waals surface area contributed by atoms with Gasteiger partial charge in [0.15, 0.2) is 6.29 Å². The van der Waals surface area contributed by atoms with Crippen LogP contribution in [0.15, 0.2) is 5.38 Å². The number of anilines is 1. The number of halogens is 3. The molecule has 0 aromatic carbocycles. The van der Waals surface area contributed by atoms with Crippen molar-refractivity contribution in [2.45, 2.75) is 13.3 Å². The predicted octanol–water partition coefficient (Wildman–Crippen LogP) is 2.81. The Labute approximate surface area is 114 Å². The molecule has 1 amide bonds. The normalized spacial score (nSPS) is 10.8. The summed E-state index contributed by atoms with van der Waals surface area (Å²) < 4.78 is 43.2. The van der Waals surface area contributed by atoms with Gasteiger partial charge in [-0.05, 0) is 6.92 Å². The molecule has 0 saturated heterocycles. The van der Waals surface area contributed by atoms with Gasteiger partial charge >= 0.3 is 18.4 Å². The number of alkyl halides is 3. The van der Waals surface area contributed by atoms with Crippen LogP contribution in [-0.2, 0) is 9.47 Å². The van der Waals surface area contributed by atoms with Gasteiger partial charge in [0.25, 0.3) is 0 Å². The van der Waals surface area contributed by atoms with E-state index in [1.54, 1.807) is 5.32 Å². The smallest absolute Gasteiger partial charge is 0.462 e. The molecule has 0 aliphatic heterocycles. The standard InChI is InChI=1S/C10H8F3NO5S/c1-2-18-8(16)6-5(3-15)4-20-7(6)14-9(17)19-10(11,12)13/h3-4H,2H2,1H3,(H,14,17). The molecule has 0 radical (unpaired) electrons. The second-order valence-electron chi connectivity index (χ2n) is 3.19. The Balaban J connectivity index is 2.96. The van der Waals surface area contributed by atoms with Gasteiger partial charge in [0.1, 0.15) is 10.6 Å². The first-order valence-electron chi connectivity index (χ1n) is 5.09. The van der Waals surface area contributed by atoms with Crippen molar-refractivity contribution < 1.29 is 37.0 Å². The molecular formula is C10H8F3NO5S. The highest BCUT2D eigenvalue weighted by Gasteiger charge is 2.34. The lowest BCUT2D eigenvalue weighted by molar-refractivity contribution is -0.289. The van der Waals surface area contributed by atoms with Gasteiger partial charge in [-0.2, -0.15) is 0 Å². The zero-order chi connectivity index (χ0) is 15.3. The zero-order valence-electron chi connectivity index (χ0n) is 9.95. The van der Waals surface area contributed by atoms with Crippen molar-refractivity contribution in [2.75, 3.05) is 11.9 Å². The average Bonchev–Trinajstić information content (AvgIpc) is 2.69. The fourth-order valence-electron chi connectivity index (χ4n) is 1.19. The highest BCUT2D eigenvalue weighted by Crippen LogP contribution is 2.29. The Hall–Kier alpha value is -2.10. The molecule has 0 aliphatic rings. The van der Waals surface area contributed by atoms with Gasteiger partial charge in [-0.3, -0.25) is 10.1 Å². The number of amides is 1. The fraction of sp³-hybridized carbons (Fsp3) is 0.300. The van der Waals surface area contributed by atoms with Gasteiger partial charge in [0.2, 0.25) is 0 Å². The van der Waals surface area contributed by atoms with Crippen LogP contribution >= 0.6 is 11.3 Å². The topological polar surface area (TPSA) is 81.7 Å². The molecule has 6 nitrogen and oxygen atoms in total. The van der Waals surface area contributed by atoms with E-state index in [0.29, 0.717) is 17.6 Å². The molecule has 0 fully saturated rings.